The molecule has 2 heterocycles. The number of nitrogens with one attached hydrogen (secondary N) is 1. The summed E-state index contributed by atoms with van der Waals surface area (Å²) in [6.07, 6.45) is 7.36. The Hall–Kier alpha value is -2.03. The third-order valence-corrected chi connectivity index (χ3v) is 2.45. The van der Waals surface area contributed by atoms with Gasteiger partial charge in [-0.1, -0.05) is 30.3 Å². The fraction of sp³-hybridized carbons (Fsp3) is 0.0833. The highest BCUT2D eigenvalue weighted by Gasteiger charge is 2.17. The van der Waals surface area contributed by atoms with Gasteiger partial charge in [0, 0.05) is 12.3 Å². The zero-order chi connectivity index (χ0) is 10.1. The van der Waals surface area contributed by atoms with Crippen molar-refractivity contribution >= 4 is 11.4 Å². The van der Waals surface area contributed by atoms with Crippen molar-refractivity contribution in [2.45, 2.75) is 0 Å². The molecule has 0 saturated heterocycles. The molecule has 0 unspecified atom stereocenters. The molecule has 0 bridgehead atoms. The van der Waals surface area contributed by atoms with E-state index in [9.17, 15) is 0 Å². The highest BCUT2D eigenvalue weighted by Crippen LogP contribution is 2.20. The first-order valence-electron chi connectivity index (χ1n) is 4.88. The molecule has 0 saturated carbocycles. The number of benzene rings is 1. The second-order valence-corrected chi connectivity index (χ2v) is 3.44. The average molecular weight is 196 g/mol. The highest BCUT2D eigenvalue weighted by molar-refractivity contribution is 6.00. The predicted molar refractivity (Wildman–Crippen MR) is 59.5 cm³/mol. The second-order valence-electron chi connectivity index (χ2n) is 3.44. The Morgan fingerprint density at radius 1 is 1.27 bits per heavy atom. The standard InChI is InChI=1S/C12H10N3/c1-2-4-10(5-3-1)11-6-7-15-9-13-14-12(15)8-11/h1-7,13H,9H2. The van der Waals surface area contributed by atoms with Crippen molar-refractivity contribution in [1.29, 1.82) is 0 Å². The molecule has 73 valence electrons. The van der Waals surface area contributed by atoms with Crippen molar-refractivity contribution < 1.29 is 0 Å². The lowest BCUT2D eigenvalue weighted by atomic mass is 10.0. The van der Waals surface area contributed by atoms with Gasteiger partial charge in [-0.25, -0.2) is 0 Å². The Kier molecular flexibility index (Phi) is 1.81. The number of rotatable bonds is 1. The van der Waals surface area contributed by atoms with Gasteiger partial charge in [-0.05, 0) is 17.2 Å². The van der Waals surface area contributed by atoms with Crippen LogP contribution in [0.3, 0.4) is 0 Å². The molecule has 0 spiro atoms. The first-order chi connectivity index (χ1) is 7.43. The van der Waals surface area contributed by atoms with E-state index in [2.05, 4.69) is 34.8 Å². The Balaban J connectivity index is 1.99. The largest absolute Gasteiger partial charge is 0.312 e. The van der Waals surface area contributed by atoms with Crippen LogP contribution in [0.5, 0.6) is 0 Å². The molecule has 1 N–H and O–H groups in total. The summed E-state index contributed by atoms with van der Waals surface area (Å²) in [6.45, 7) is 0.737. The van der Waals surface area contributed by atoms with E-state index in [4.69, 9.17) is 0 Å². The first-order valence-corrected chi connectivity index (χ1v) is 4.88. The summed E-state index contributed by atoms with van der Waals surface area (Å²) in [6, 6.07) is 10.2. The van der Waals surface area contributed by atoms with Crippen LogP contribution in [0.25, 0.3) is 5.57 Å². The van der Waals surface area contributed by atoms with Gasteiger partial charge in [-0.15, -0.1) is 0 Å². The van der Waals surface area contributed by atoms with Gasteiger partial charge in [0.2, 0.25) is 0 Å². The Labute approximate surface area is 88.4 Å². The minimum absolute atomic E-state index is 0.737. The van der Waals surface area contributed by atoms with Crippen LogP contribution >= 0.6 is 0 Å². The molecule has 3 nitrogen and oxygen atoms in total. The topological polar surface area (TPSA) is 27.6 Å². The van der Waals surface area contributed by atoms with E-state index in [0.29, 0.717) is 0 Å². The van der Waals surface area contributed by atoms with Crippen LogP contribution in [0.15, 0.2) is 47.7 Å². The molecule has 0 atom stereocenters. The van der Waals surface area contributed by atoms with E-state index >= 15 is 0 Å². The smallest absolute Gasteiger partial charge is 0.162 e. The van der Waals surface area contributed by atoms with Crippen molar-refractivity contribution in [3.8, 4) is 0 Å². The van der Waals surface area contributed by atoms with Crippen LogP contribution in [0.4, 0.5) is 0 Å². The van der Waals surface area contributed by atoms with Crippen LogP contribution in [0, 0.1) is 6.08 Å². The molecule has 2 aliphatic heterocycles. The van der Waals surface area contributed by atoms with Crippen LogP contribution in [0.1, 0.15) is 5.56 Å². The minimum Gasteiger partial charge on any atom is -0.312 e. The van der Waals surface area contributed by atoms with Gasteiger partial charge in [0.05, 0.1) is 0 Å². The van der Waals surface area contributed by atoms with Crippen LogP contribution < -0.4 is 5.43 Å². The van der Waals surface area contributed by atoms with Gasteiger partial charge < -0.3 is 4.90 Å². The summed E-state index contributed by atoms with van der Waals surface area (Å²) in [5, 5.41) is 4.14. The van der Waals surface area contributed by atoms with Crippen molar-refractivity contribution in [1.82, 2.24) is 10.3 Å². The van der Waals surface area contributed by atoms with E-state index < -0.39 is 0 Å². The molecule has 1 aromatic rings. The summed E-state index contributed by atoms with van der Waals surface area (Å²) < 4.78 is 0. The molecule has 3 rings (SSSR count). The van der Waals surface area contributed by atoms with Gasteiger partial charge >= 0.3 is 0 Å². The Morgan fingerprint density at radius 3 is 3.00 bits per heavy atom. The molecular formula is C12H10N3. The molecule has 0 aliphatic carbocycles. The lowest BCUT2D eigenvalue weighted by Gasteiger charge is -2.16. The number of nitrogens with zero attached hydrogens (tertiary/aromatic N) is 2. The monoisotopic (exact) mass is 196 g/mol. The Morgan fingerprint density at radius 2 is 2.13 bits per heavy atom. The molecule has 1 aromatic carbocycles. The van der Waals surface area contributed by atoms with Gasteiger partial charge in [-0.3, -0.25) is 5.43 Å². The maximum atomic E-state index is 4.14. The number of amidine groups is 1. The molecule has 1 radical (unpaired) electrons. The summed E-state index contributed by atoms with van der Waals surface area (Å²) in [5.41, 5.74) is 5.17. The number of allylic oxidation sites excluding steroid dienone is 2. The number of fused-ring (bicyclic) bond motifs is 1. The normalized spacial score (nSPS) is 18.0. The molecule has 0 fully saturated rings. The van der Waals surface area contributed by atoms with Crippen molar-refractivity contribution in [3.05, 3.63) is 54.2 Å². The third-order valence-electron chi connectivity index (χ3n) is 2.45. The minimum atomic E-state index is 0.737. The summed E-state index contributed by atoms with van der Waals surface area (Å²) in [5.74, 6) is 0.858. The molecule has 2 aliphatic rings. The summed E-state index contributed by atoms with van der Waals surface area (Å²) in [7, 11) is 0. The van der Waals surface area contributed by atoms with Crippen LogP contribution in [-0.4, -0.2) is 17.4 Å². The number of hydrogen-bond donors (Lipinski definition) is 1. The molecular weight excluding hydrogens is 186 g/mol. The fourth-order valence-electron chi connectivity index (χ4n) is 1.66. The zero-order valence-corrected chi connectivity index (χ0v) is 8.14. The quantitative estimate of drug-likeness (QED) is 0.738. The number of hydrazone groups is 1. The zero-order valence-electron chi connectivity index (χ0n) is 8.14. The van der Waals surface area contributed by atoms with Crippen LogP contribution in [-0.2, 0) is 0 Å². The lowest BCUT2D eigenvalue weighted by molar-refractivity contribution is 0.550. The van der Waals surface area contributed by atoms with Crippen molar-refractivity contribution in [2.24, 2.45) is 5.10 Å². The van der Waals surface area contributed by atoms with Gasteiger partial charge in [0.1, 0.15) is 6.67 Å². The molecule has 3 heteroatoms. The van der Waals surface area contributed by atoms with Gasteiger partial charge in [-0.2, -0.15) is 5.10 Å². The third kappa shape index (κ3) is 1.42. The van der Waals surface area contributed by atoms with E-state index in [1.165, 1.54) is 5.56 Å². The van der Waals surface area contributed by atoms with E-state index in [-0.39, 0.29) is 0 Å². The predicted octanol–water partition coefficient (Wildman–Crippen LogP) is 1.58. The second kappa shape index (κ2) is 3.28. The molecule has 15 heavy (non-hydrogen) atoms. The maximum Gasteiger partial charge on any atom is 0.162 e. The summed E-state index contributed by atoms with van der Waals surface area (Å²) in [4.78, 5) is 2.02. The van der Waals surface area contributed by atoms with Crippen molar-refractivity contribution in [3.63, 3.8) is 0 Å². The Bertz CT molecular complexity index is 457. The fourth-order valence-corrected chi connectivity index (χ4v) is 1.66. The first kappa shape index (κ1) is 8.29. The van der Waals surface area contributed by atoms with E-state index in [0.717, 1.165) is 18.1 Å². The van der Waals surface area contributed by atoms with Gasteiger partial charge in [0.25, 0.3) is 0 Å². The molecule has 0 amide bonds. The lowest BCUT2D eigenvalue weighted by Crippen LogP contribution is -2.24. The molecule has 0 aromatic heterocycles. The number of hydrogen-bond acceptors (Lipinski definition) is 3. The summed E-state index contributed by atoms with van der Waals surface area (Å²) >= 11 is 0. The van der Waals surface area contributed by atoms with Crippen molar-refractivity contribution in [2.75, 3.05) is 6.67 Å². The van der Waals surface area contributed by atoms with E-state index in [1.54, 1.807) is 0 Å². The average Bonchev–Trinajstić information content (AvgIpc) is 2.77. The SMILES string of the molecule is [C]1=C(c2ccccc2)C=CN2CNN=C12. The maximum absolute atomic E-state index is 4.14. The van der Waals surface area contributed by atoms with Crippen LogP contribution in [0.2, 0.25) is 0 Å². The van der Waals surface area contributed by atoms with Gasteiger partial charge in [0.15, 0.2) is 5.84 Å². The highest BCUT2D eigenvalue weighted by atomic mass is 15.5. The van der Waals surface area contributed by atoms with E-state index in [1.807, 2.05) is 29.3 Å².